The maximum Gasteiger partial charge on any atom is 0.136 e. The summed E-state index contributed by atoms with van der Waals surface area (Å²) in [5, 5.41) is 0. The fourth-order valence-electron chi connectivity index (χ4n) is 2.41. The van der Waals surface area contributed by atoms with E-state index in [0.717, 1.165) is 25.7 Å². The van der Waals surface area contributed by atoms with Crippen LogP contribution in [0.25, 0.3) is 0 Å². The third-order valence-electron chi connectivity index (χ3n) is 3.19. The van der Waals surface area contributed by atoms with Crippen molar-refractivity contribution >= 4 is 11.6 Å². The Hall–Kier alpha value is -0.660. The van der Waals surface area contributed by atoms with Crippen molar-refractivity contribution in [3.05, 3.63) is 0 Å². The van der Waals surface area contributed by atoms with Gasteiger partial charge in [-0.15, -0.1) is 0 Å². The predicted octanol–water partition coefficient (Wildman–Crippen LogP) is 1.72. The van der Waals surface area contributed by atoms with Crippen LogP contribution < -0.4 is 0 Å². The van der Waals surface area contributed by atoms with Gasteiger partial charge >= 0.3 is 0 Å². The minimum absolute atomic E-state index is 0.235. The molecule has 2 atom stereocenters. The normalized spacial score (nSPS) is 36.3. The third-order valence-corrected chi connectivity index (χ3v) is 3.19. The second kappa shape index (κ2) is 3.00. The van der Waals surface area contributed by atoms with Crippen LogP contribution in [0.3, 0.4) is 0 Å². The first-order chi connectivity index (χ1) is 5.77. The molecular weight excluding hydrogens is 152 g/mol. The molecule has 66 valence electrons. The number of rotatable bonds is 0. The standard InChI is InChI=1S/C10H14O2/c11-9-2-1-3-10(12)8-5-4-7(9)6-8/h7-8H,1-6H2/t7-,8+. The lowest BCUT2D eigenvalue weighted by Gasteiger charge is -2.13. The van der Waals surface area contributed by atoms with E-state index < -0.39 is 0 Å². The van der Waals surface area contributed by atoms with Crippen molar-refractivity contribution in [2.75, 3.05) is 0 Å². The van der Waals surface area contributed by atoms with E-state index >= 15 is 0 Å². The molecule has 0 aromatic rings. The van der Waals surface area contributed by atoms with Crippen molar-refractivity contribution in [3.8, 4) is 0 Å². The molecule has 2 heteroatoms. The molecule has 2 fully saturated rings. The number of ketones is 2. The number of fused-ring (bicyclic) bond motifs is 2. The van der Waals surface area contributed by atoms with Crippen molar-refractivity contribution < 1.29 is 9.59 Å². The number of hydrogen-bond acceptors (Lipinski definition) is 2. The summed E-state index contributed by atoms with van der Waals surface area (Å²) in [7, 11) is 0. The van der Waals surface area contributed by atoms with E-state index in [9.17, 15) is 9.59 Å². The fraction of sp³-hybridized carbons (Fsp3) is 0.800. The second-order valence-corrected chi connectivity index (χ2v) is 3.99. The monoisotopic (exact) mass is 166 g/mol. The first-order valence-electron chi connectivity index (χ1n) is 4.83. The van der Waals surface area contributed by atoms with Gasteiger partial charge in [0.1, 0.15) is 11.6 Å². The molecule has 0 radical (unpaired) electrons. The molecule has 0 aliphatic heterocycles. The molecule has 0 aromatic carbocycles. The van der Waals surface area contributed by atoms with Crippen LogP contribution in [0.5, 0.6) is 0 Å². The van der Waals surface area contributed by atoms with E-state index in [2.05, 4.69) is 0 Å². The summed E-state index contributed by atoms with van der Waals surface area (Å²) in [5.41, 5.74) is 0. The average molecular weight is 166 g/mol. The Morgan fingerprint density at radius 3 is 1.92 bits per heavy atom. The van der Waals surface area contributed by atoms with Crippen molar-refractivity contribution in [3.63, 3.8) is 0 Å². The van der Waals surface area contributed by atoms with Crippen LogP contribution in [0.15, 0.2) is 0 Å². The molecule has 0 heterocycles. The highest BCUT2D eigenvalue weighted by atomic mass is 16.1. The van der Waals surface area contributed by atoms with Gasteiger partial charge in [-0.25, -0.2) is 0 Å². The minimum Gasteiger partial charge on any atom is -0.299 e. The van der Waals surface area contributed by atoms with Crippen LogP contribution in [0.4, 0.5) is 0 Å². The summed E-state index contributed by atoms with van der Waals surface area (Å²) >= 11 is 0. The summed E-state index contributed by atoms with van der Waals surface area (Å²) in [6, 6.07) is 0. The molecule has 0 unspecified atom stereocenters. The molecule has 0 saturated heterocycles. The lowest BCUT2D eigenvalue weighted by molar-refractivity contribution is -0.126. The van der Waals surface area contributed by atoms with Gasteiger partial charge in [0.05, 0.1) is 0 Å². The zero-order valence-electron chi connectivity index (χ0n) is 7.21. The largest absolute Gasteiger partial charge is 0.299 e. The van der Waals surface area contributed by atoms with E-state index in [1.165, 1.54) is 0 Å². The Bertz CT molecular complexity index is 198. The minimum atomic E-state index is 0.235. The van der Waals surface area contributed by atoms with Crippen LogP contribution in [0, 0.1) is 11.8 Å². The molecule has 2 rings (SSSR count). The van der Waals surface area contributed by atoms with Gasteiger partial charge in [0.2, 0.25) is 0 Å². The van der Waals surface area contributed by atoms with E-state index in [4.69, 9.17) is 0 Å². The second-order valence-electron chi connectivity index (χ2n) is 3.99. The van der Waals surface area contributed by atoms with E-state index in [-0.39, 0.29) is 11.8 Å². The van der Waals surface area contributed by atoms with E-state index in [1.54, 1.807) is 0 Å². The Morgan fingerprint density at radius 2 is 1.42 bits per heavy atom. The lowest BCUT2D eigenvalue weighted by atomic mass is 9.90. The van der Waals surface area contributed by atoms with Crippen LogP contribution in [-0.4, -0.2) is 11.6 Å². The summed E-state index contributed by atoms with van der Waals surface area (Å²) in [6.07, 6.45) is 4.87. The maximum atomic E-state index is 11.4. The van der Waals surface area contributed by atoms with Crippen LogP contribution in [0.1, 0.15) is 38.5 Å². The SMILES string of the molecule is O=C1CCCC(=O)[C@H]2CC[C@@H]1C2. The molecule has 2 bridgehead atoms. The van der Waals surface area contributed by atoms with E-state index in [0.29, 0.717) is 24.4 Å². The third kappa shape index (κ3) is 1.30. The molecule has 2 nitrogen and oxygen atoms in total. The maximum absolute atomic E-state index is 11.4. The first-order valence-corrected chi connectivity index (χ1v) is 4.83. The molecule has 0 N–H and O–H groups in total. The zero-order chi connectivity index (χ0) is 8.55. The molecule has 2 aliphatic carbocycles. The molecule has 2 saturated carbocycles. The van der Waals surface area contributed by atoms with Crippen LogP contribution >= 0.6 is 0 Å². The van der Waals surface area contributed by atoms with Crippen molar-refractivity contribution in [2.24, 2.45) is 11.8 Å². The molecule has 2 aliphatic rings. The molecule has 12 heavy (non-hydrogen) atoms. The Labute approximate surface area is 72.3 Å². The van der Waals surface area contributed by atoms with Gasteiger partial charge in [-0.2, -0.15) is 0 Å². The van der Waals surface area contributed by atoms with Gasteiger partial charge in [-0.1, -0.05) is 0 Å². The van der Waals surface area contributed by atoms with Gasteiger partial charge in [-0.3, -0.25) is 9.59 Å². The number of hydrogen-bond donors (Lipinski definition) is 0. The Kier molecular flexibility index (Phi) is 1.99. The van der Waals surface area contributed by atoms with Gasteiger partial charge in [0.25, 0.3) is 0 Å². The van der Waals surface area contributed by atoms with Crippen LogP contribution in [0.2, 0.25) is 0 Å². The van der Waals surface area contributed by atoms with Gasteiger partial charge < -0.3 is 0 Å². The highest BCUT2D eigenvalue weighted by Gasteiger charge is 2.34. The van der Waals surface area contributed by atoms with Gasteiger partial charge in [0.15, 0.2) is 0 Å². The summed E-state index contributed by atoms with van der Waals surface area (Å²) in [6.45, 7) is 0. The molecular formula is C10H14O2. The quantitative estimate of drug-likeness (QED) is 0.549. The zero-order valence-corrected chi connectivity index (χ0v) is 7.21. The summed E-state index contributed by atoms with van der Waals surface area (Å²) in [5.74, 6) is 1.29. The molecule has 0 amide bonds. The van der Waals surface area contributed by atoms with Crippen LogP contribution in [-0.2, 0) is 9.59 Å². The molecule has 0 spiro atoms. The molecule has 0 aromatic heterocycles. The topological polar surface area (TPSA) is 34.1 Å². The van der Waals surface area contributed by atoms with Crippen molar-refractivity contribution in [1.82, 2.24) is 0 Å². The predicted molar refractivity (Wildman–Crippen MR) is 44.7 cm³/mol. The smallest absolute Gasteiger partial charge is 0.136 e. The Balaban J connectivity index is 2.12. The summed E-state index contributed by atoms with van der Waals surface area (Å²) in [4.78, 5) is 22.8. The number of Topliss-reactive ketones (excluding diaryl/α,β-unsaturated/α-hetero) is 2. The van der Waals surface area contributed by atoms with E-state index in [1.807, 2.05) is 0 Å². The van der Waals surface area contributed by atoms with Crippen molar-refractivity contribution in [2.45, 2.75) is 38.5 Å². The average Bonchev–Trinajstić information content (AvgIpc) is 2.51. The fourth-order valence-corrected chi connectivity index (χ4v) is 2.41. The number of carbonyl (C=O) groups is 2. The van der Waals surface area contributed by atoms with Crippen molar-refractivity contribution in [1.29, 1.82) is 0 Å². The lowest BCUT2D eigenvalue weighted by Crippen LogP contribution is -2.18. The summed E-state index contributed by atoms with van der Waals surface area (Å²) < 4.78 is 0. The van der Waals surface area contributed by atoms with Gasteiger partial charge in [-0.05, 0) is 25.7 Å². The number of carbonyl (C=O) groups excluding carboxylic acids is 2. The van der Waals surface area contributed by atoms with Gasteiger partial charge in [0, 0.05) is 24.7 Å². The highest BCUT2D eigenvalue weighted by molar-refractivity contribution is 5.87. The first kappa shape index (κ1) is 7.96. The Morgan fingerprint density at radius 1 is 0.917 bits per heavy atom. The highest BCUT2D eigenvalue weighted by Crippen LogP contribution is 2.35.